The number of rotatable bonds is 5. The van der Waals surface area contributed by atoms with Crippen LogP contribution in [0.4, 0.5) is 0 Å². The van der Waals surface area contributed by atoms with Crippen LogP contribution in [0.1, 0.15) is 6.92 Å². The van der Waals surface area contributed by atoms with E-state index in [9.17, 15) is 9.59 Å². The number of halogens is 2. The van der Waals surface area contributed by atoms with Crippen LogP contribution in [0.15, 0.2) is 23.1 Å². The summed E-state index contributed by atoms with van der Waals surface area (Å²) in [5.74, 6) is -1.36. The van der Waals surface area contributed by atoms with E-state index in [1.165, 1.54) is 18.7 Å². The second kappa shape index (κ2) is 6.87. The van der Waals surface area contributed by atoms with Crippen LogP contribution < -0.4 is 5.32 Å². The third-order valence-corrected chi connectivity index (χ3v) is 3.73. The van der Waals surface area contributed by atoms with E-state index in [4.69, 9.17) is 28.3 Å². The summed E-state index contributed by atoms with van der Waals surface area (Å²) in [4.78, 5) is 22.7. The molecule has 1 aromatic carbocycles. The van der Waals surface area contributed by atoms with Crippen molar-refractivity contribution >= 4 is 46.8 Å². The summed E-state index contributed by atoms with van der Waals surface area (Å²) in [6, 6.07) is 4.04. The van der Waals surface area contributed by atoms with Crippen LogP contribution in [0.3, 0.4) is 0 Å². The van der Waals surface area contributed by atoms with Gasteiger partial charge in [-0.15, -0.1) is 11.8 Å². The number of carboxylic acid groups (broad SMARTS) is 1. The van der Waals surface area contributed by atoms with Crippen LogP contribution in [0.2, 0.25) is 10.0 Å². The summed E-state index contributed by atoms with van der Waals surface area (Å²) in [6.07, 6.45) is 0. The highest BCUT2D eigenvalue weighted by molar-refractivity contribution is 8.00. The highest BCUT2D eigenvalue weighted by atomic mass is 35.5. The van der Waals surface area contributed by atoms with Gasteiger partial charge in [0.2, 0.25) is 5.91 Å². The largest absolute Gasteiger partial charge is 0.480 e. The fourth-order valence-electron chi connectivity index (χ4n) is 1.08. The molecule has 0 spiro atoms. The number of thioether (sulfide) groups is 1. The summed E-state index contributed by atoms with van der Waals surface area (Å²) >= 11 is 12.9. The van der Waals surface area contributed by atoms with Crippen molar-refractivity contribution in [3.05, 3.63) is 28.2 Å². The minimum Gasteiger partial charge on any atom is -0.480 e. The number of carbonyl (C=O) groups is 2. The third kappa shape index (κ3) is 4.76. The Morgan fingerprint density at radius 3 is 2.72 bits per heavy atom. The zero-order valence-corrected chi connectivity index (χ0v) is 11.8. The molecule has 0 bridgehead atoms. The molecule has 1 amide bonds. The van der Waals surface area contributed by atoms with Gasteiger partial charge in [0.25, 0.3) is 0 Å². The van der Waals surface area contributed by atoms with Gasteiger partial charge in [-0.1, -0.05) is 23.2 Å². The first-order valence-corrected chi connectivity index (χ1v) is 6.74. The second-order valence-electron chi connectivity index (χ2n) is 3.49. The van der Waals surface area contributed by atoms with Crippen LogP contribution >= 0.6 is 35.0 Å². The van der Waals surface area contributed by atoms with Crippen molar-refractivity contribution in [3.63, 3.8) is 0 Å². The monoisotopic (exact) mass is 307 g/mol. The zero-order valence-electron chi connectivity index (χ0n) is 9.44. The van der Waals surface area contributed by atoms with E-state index in [2.05, 4.69) is 5.32 Å². The molecule has 0 radical (unpaired) electrons. The van der Waals surface area contributed by atoms with Crippen LogP contribution in [0.5, 0.6) is 0 Å². The van der Waals surface area contributed by atoms with Gasteiger partial charge in [0.1, 0.15) is 6.04 Å². The van der Waals surface area contributed by atoms with E-state index in [-0.39, 0.29) is 11.7 Å². The summed E-state index contributed by atoms with van der Waals surface area (Å²) in [5, 5.41) is 12.0. The fraction of sp³-hybridized carbons (Fsp3) is 0.273. The second-order valence-corrected chi connectivity index (χ2v) is 5.35. The van der Waals surface area contributed by atoms with E-state index in [1.54, 1.807) is 18.2 Å². The molecule has 1 aromatic rings. The summed E-state index contributed by atoms with van der Waals surface area (Å²) in [5.41, 5.74) is 0. The third-order valence-electron chi connectivity index (χ3n) is 2.00. The van der Waals surface area contributed by atoms with Gasteiger partial charge in [-0.25, -0.2) is 0 Å². The van der Waals surface area contributed by atoms with Gasteiger partial charge < -0.3 is 10.4 Å². The maximum Gasteiger partial charge on any atom is 0.325 e. The Labute approximate surface area is 119 Å². The minimum absolute atomic E-state index is 0.0810. The number of carboxylic acids is 1. The number of aliphatic carboxylic acids is 1. The molecule has 0 saturated heterocycles. The van der Waals surface area contributed by atoms with Crippen molar-refractivity contribution < 1.29 is 14.7 Å². The number of carbonyl (C=O) groups excluding carboxylic acids is 1. The standard InChI is InChI=1S/C11H11Cl2NO3S/c1-6(11(16)17)14-10(15)5-18-9-4-7(12)2-3-8(9)13/h2-4,6H,5H2,1H3,(H,14,15)(H,16,17)/t6-/m0/s1. The first-order valence-electron chi connectivity index (χ1n) is 5.00. The summed E-state index contributed by atoms with van der Waals surface area (Å²) in [7, 11) is 0. The average Bonchev–Trinajstić information content (AvgIpc) is 2.30. The van der Waals surface area contributed by atoms with Crippen molar-refractivity contribution in [2.24, 2.45) is 0 Å². The molecule has 0 aliphatic rings. The Morgan fingerprint density at radius 2 is 2.11 bits per heavy atom. The number of benzene rings is 1. The molecule has 0 unspecified atom stereocenters. The molecule has 98 valence electrons. The normalized spacial score (nSPS) is 11.9. The Bertz CT molecular complexity index is 468. The first-order chi connectivity index (χ1) is 8.40. The van der Waals surface area contributed by atoms with Gasteiger partial charge in [0, 0.05) is 9.92 Å². The SMILES string of the molecule is C[C@H](NC(=O)CSc1cc(Cl)ccc1Cl)C(=O)O. The molecule has 0 aliphatic heterocycles. The summed E-state index contributed by atoms with van der Waals surface area (Å²) < 4.78 is 0. The maximum atomic E-state index is 11.5. The maximum absolute atomic E-state index is 11.5. The van der Waals surface area contributed by atoms with Gasteiger partial charge in [0.15, 0.2) is 0 Å². The molecule has 0 saturated carbocycles. The number of hydrogen-bond acceptors (Lipinski definition) is 3. The van der Waals surface area contributed by atoms with Crippen LogP contribution in [-0.2, 0) is 9.59 Å². The average molecular weight is 308 g/mol. The lowest BCUT2D eigenvalue weighted by molar-refractivity contribution is -0.140. The van der Waals surface area contributed by atoms with E-state index in [0.29, 0.717) is 14.9 Å². The highest BCUT2D eigenvalue weighted by Crippen LogP contribution is 2.29. The van der Waals surface area contributed by atoms with Crippen molar-refractivity contribution in [2.75, 3.05) is 5.75 Å². The molecule has 4 nitrogen and oxygen atoms in total. The minimum atomic E-state index is -1.07. The molecule has 0 fully saturated rings. The molecule has 7 heteroatoms. The van der Waals surface area contributed by atoms with Gasteiger partial charge in [-0.3, -0.25) is 9.59 Å². The lowest BCUT2D eigenvalue weighted by Gasteiger charge is -2.09. The van der Waals surface area contributed by atoms with E-state index in [0.717, 1.165) is 0 Å². The topological polar surface area (TPSA) is 66.4 Å². The predicted octanol–water partition coefficient (Wildman–Crippen LogP) is 2.67. The fourth-order valence-corrected chi connectivity index (χ4v) is 2.38. The lowest BCUT2D eigenvalue weighted by atomic mass is 10.3. The van der Waals surface area contributed by atoms with Gasteiger partial charge in [0.05, 0.1) is 10.8 Å². The Balaban J connectivity index is 2.52. The molecular weight excluding hydrogens is 297 g/mol. The van der Waals surface area contributed by atoms with Crippen molar-refractivity contribution in [3.8, 4) is 0 Å². The Morgan fingerprint density at radius 1 is 1.44 bits per heavy atom. The molecule has 1 rings (SSSR count). The van der Waals surface area contributed by atoms with Crippen molar-refractivity contribution in [1.82, 2.24) is 5.32 Å². The summed E-state index contributed by atoms with van der Waals surface area (Å²) in [6.45, 7) is 1.40. The molecule has 0 aliphatic carbocycles. The Kier molecular flexibility index (Phi) is 5.78. The molecule has 2 N–H and O–H groups in total. The molecule has 18 heavy (non-hydrogen) atoms. The molecule has 1 atom stereocenters. The molecule has 0 heterocycles. The number of hydrogen-bond donors (Lipinski definition) is 2. The predicted molar refractivity (Wildman–Crippen MR) is 72.4 cm³/mol. The Hall–Kier alpha value is -0.910. The zero-order chi connectivity index (χ0) is 13.7. The van der Waals surface area contributed by atoms with Gasteiger partial charge in [-0.05, 0) is 25.1 Å². The van der Waals surface area contributed by atoms with Crippen molar-refractivity contribution in [1.29, 1.82) is 0 Å². The van der Waals surface area contributed by atoms with Crippen molar-refractivity contribution in [2.45, 2.75) is 17.9 Å². The number of amides is 1. The quantitative estimate of drug-likeness (QED) is 0.821. The smallest absolute Gasteiger partial charge is 0.325 e. The van der Waals surface area contributed by atoms with Crippen LogP contribution in [0.25, 0.3) is 0 Å². The highest BCUT2D eigenvalue weighted by Gasteiger charge is 2.14. The number of nitrogens with one attached hydrogen (secondary N) is 1. The van der Waals surface area contributed by atoms with E-state index in [1.807, 2.05) is 0 Å². The lowest BCUT2D eigenvalue weighted by Crippen LogP contribution is -2.39. The molecular formula is C11H11Cl2NO3S. The van der Waals surface area contributed by atoms with Gasteiger partial charge >= 0.3 is 5.97 Å². The van der Waals surface area contributed by atoms with Crippen LogP contribution in [-0.4, -0.2) is 28.8 Å². The van der Waals surface area contributed by atoms with Gasteiger partial charge in [-0.2, -0.15) is 0 Å². The molecule has 0 aromatic heterocycles. The van der Waals surface area contributed by atoms with E-state index < -0.39 is 12.0 Å². The van der Waals surface area contributed by atoms with E-state index >= 15 is 0 Å². The first kappa shape index (κ1) is 15.1. The van der Waals surface area contributed by atoms with Crippen LogP contribution in [0, 0.1) is 0 Å².